The van der Waals surface area contributed by atoms with Gasteiger partial charge in [0.1, 0.15) is 0 Å². The second kappa shape index (κ2) is 18.7. The second-order valence-corrected chi connectivity index (χ2v) is 10.7. The highest BCUT2D eigenvalue weighted by Crippen LogP contribution is 2.25. The van der Waals surface area contributed by atoms with Crippen LogP contribution in [0.5, 0.6) is 0 Å². The summed E-state index contributed by atoms with van der Waals surface area (Å²) in [5.74, 6) is 0. The summed E-state index contributed by atoms with van der Waals surface area (Å²) in [4.78, 5) is 9.05. The molecule has 0 unspecified atom stereocenters. The topological polar surface area (TPSA) is 32.5 Å². The molecular formula is C31H30Br2Cl4N4. The van der Waals surface area contributed by atoms with Gasteiger partial charge in [0.05, 0.1) is 6.42 Å². The number of hydrogen-bond acceptors (Lipinski definition) is 2. The molecule has 0 saturated carbocycles. The van der Waals surface area contributed by atoms with E-state index in [-0.39, 0.29) is 34.0 Å². The van der Waals surface area contributed by atoms with Crippen LogP contribution in [-0.4, -0.2) is 25.5 Å². The summed E-state index contributed by atoms with van der Waals surface area (Å²) in [6.45, 7) is 3.14. The maximum Gasteiger partial charge on any atom is 0.169 e. The van der Waals surface area contributed by atoms with Crippen molar-refractivity contribution in [3.63, 3.8) is 0 Å². The third-order valence-electron chi connectivity index (χ3n) is 6.25. The van der Waals surface area contributed by atoms with Crippen LogP contribution in [0.15, 0.2) is 95.4 Å². The summed E-state index contributed by atoms with van der Waals surface area (Å²) in [7, 11) is 0. The van der Waals surface area contributed by atoms with Crippen molar-refractivity contribution < 1.29 is 43.1 Å². The number of aryl methyl sites for hydroxylation is 2. The zero-order valence-electron chi connectivity index (χ0n) is 22.2. The Morgan fingerprint density at radius 3 is 1.22 bits per heavy atom. The van der Waals surface area contributed by atoms with E-state index >= 15 is 0 Å². The van der Waals surface area contributed by atoms with Crippen molar-refractivity contribution >= 4 is 58.8 Å². The smallest absolute Gasteiger partial charge is 0.169 e. The van der Waals surface area contributed by atoms with E-state index in [0.29, 0.717) is 46.0 Å². The van der Waals surface area contributed by atoms with E-state index in [2.05, 4.69) is 68.2 Å². The quantitative estimate of drug-likeness (QED) is 0.154. The van der Waals surface area contributed by atoms with E-state index in [1.807, 2.05) is 48.8 Å². The largest absolute Gasteiger partial charge is 1.00 e. The van der Waals surface area contributed by atoms with Gasteiger partial charge in [-0.05, 0) is 48.2 Å². The number of nitrogens with zero attached hydrogens (tertiary/aromatic N) is 4. The van der Waals surface area contributed by atoms with Crippen molar-refractivity contribution in [2.75, 3.05) is 13.1 Å². The lowest BCUT2D eigenvalue weighted by atomic mass is 10.1. The van der Waals surface area contributed by atoms with Crippen molar-refractivity contribution in [1.29, 1.82) is 0 Å². The number of rotatable bonds is 12. The molecule has 0 bridgehead atoms. The minimum absolute atomic E-state index is 0. The molecule has 0 aliphatic heterocycles. The lowest BCUT2D eigenvalue weighted by Gasteiger charge is -2.04. The number of aromatic nitrogens is 2. The first kappa shape index (κ1) is 35.4. The third kappa shape index (κ3) is 11.4. The maximum atomic E-state index is 6.23. The van der Waals surface area contributed by atoms with Gasteiger partial charge in [-0.3, -0.25) is 9.98 Å². The standard InChI is InChI=1S/C31H30Cl4N4.2BrH/c32-28-4-1-5-29(33)26(28)8-14-36-22-24-10-18-38(19-11-24)16-3-17-39-20-12-25(13-21-39)23-37-15-9-27-30(34)6-2-7-31(27)35;;/h1-2,4-7,10-13,18-23H,3,8-9,14-17H2;2*1H/q+2;;/p-2. The highest BCUT2D eigenvalue weighted by molar-refractivity contribution is 6.36. The molecule has 0 saturated heterocycles. The van der Waals surface area contributed by atoms with E-state index in [1.54, 1.807) is 0 Å². The summed E-state index contributed by atoms with van der Waals surface area (Å²) in [5, 5.41) is 2.75. The van der Waals surface area contributed by atoms with Gasteiger partial charge in [0.2, 0.25) is 0 Å². The van der Waals surface area contributed by atoms with Gasteiger partial charge >= 0.3 is 0 Å². The molecule has 0 atom stereocenters. The minimum atomic E-state index is 0. The van der Waals surface area contributed by atoms with Crippen LogP contribution < -0.4 is 43.1 Å². The molecule has 4 nitrogen and oxygen atoms in total. The van der Waals surface area contributed by atoms with Crippen LogP contribution in [0.2, 0.25) is 20.1 Å². The van der Waals surface area contributed by atoms with Crippen LogP contribution in [-0.2, 0) is 25.9 Å². The molecule has 216 valence electrons. The number of aliphatic imine (C=N–C) groups is 2. The predicted octanol–water partition coefficient (Wildman–Crippen LogP) is 1.30. The van der Waals surface area contributed by atoms with Gasteiger partial charge in [-0.1, -0.05) is 58.5 Å². The Hall–Kier alpha value is -1.80. The van der Waals surface area contributed by atoms with Gasteiger partial charge in [0.25, 0.3) is 0 Å². The summed E-state index contributed by atoms with van der Waals surface area (Å²) < 4.78 is 4.38. The van der Waals surface area contributed by atoms with E-state index in [0.717, 1.165) is 41.8 Å². The average Bonchev–Trinajstić information content (AvgIpc) is 2.93. The van der Waals surface area contributed by atoms with Gasteiger partial charge in [0, 0.05) is 81.0 Å². The molecule has 0 radical (unpaired) electrons. The molecule has 4 aromatic rings. The van der Waals surface area contributed by atoms with Crippen molar-refractivity contribution in [3.05, 3.63) is 128 Å². The summed E-state index contributed by atoms with van der Waals surface area (Å²) in [5.41, 5.74) is 4.02. The highest BCUT2D eigenvalue weighted by Gasteiger charge is 2.07. The van der Waals surface area contributed by atoms with Gasteiger partial charge in [-0.2, -0.15) is 0 Å². The first-order valence-corrected chi connectivity index (χ1v) is 14.3. The monoisotopic (exact) mass is 756 g/mol. The number of pyridine rings is 2. The van der Waals surface area contributed by atoms with Gasteiger partial charge < -0.3 is 34.0 Å². The van der Waals surface area contributed by atoms with Crippen LogP contribution in [0.4, 0.5) is 0 Å². The first-order valence-electron chi connectivity index (χ1n) is 12.8. The van der Waals surface area contributed by atoms with Gasteiger partial charge in [-0.25, -0.2) is 9.13 Å². The maximum absolute atomic E-state index is 6.23. The lowest BCUT2D eigenvalue weighted by Crippen LogP contribution is -3.00. The SMILES string of the molecule is Clc1cccc(Cl)c1CCN=Cc1cc[n+](CCC[n+]2ccc(C=NCCc3c(Cl)cccc3Cl)cc2)cc1.[Br-].[Br-]. The molecular weight excluding hydrogens is 730 g/mol. The molecule has 0 spiro atoms. The van der Waals surface area contributed by atoms with Crippen LogP contribution in [0.25, 0.3) is 0 Å². The highest BCUT2D eigenvalue weighted by atomic mass is 79.9. The van der Waals surface area contributed by atoms with Crippen LogP contribution >= 0.6 is 46.4 Å². The van der Waals surface area contributed by atoms with Crippen LogP contribution in [0.1, 0.15) is 28.7 Å². The fourth-order valence-electron chi connectivity index (χ4n) is 4.08. The molecule has 2 aromatic heterocycles. The van der Waals surface area contributed by atoms with E-state index in [9.17, 15) is 0 Å². The molecule has 2 aromatic carbocycles. The fraction of sp³-hybridized carbons (Fsp3) is 0.226. The van der Waals surface area contributed by atoms with Crippen molar-refractivity contribution in [2.24, 2.45) is 9.98 Å². The molecule has 0 fully saturated rings. The zero-order chi connectivity index (χ0) is 27.5. The number of halogens is 6. The Morgan fingerprint density at radius 1 is 0.537 bits per heavy atom. The second-order valence-electron chi connectivity index (χ2n) is 9.06. The van der Waals surface area contributed by atoms with E-state index < -0.39 is 0 Å². The molecule has 0 amide bonds. The predicted molar refractivity (Wildman–Crippen MR) is 163 cm³/mol. The molecule has 0 N–H and O–H groups in total. The van der Waals surface area contributed by atoms with Gasteiger partial charge in [-0.15, -0.1) is 0 Å². The van der Waals surface area contributed by atoms with Crippen LogP contribution in [0.3, 0.4) is 0 Å². The number of hydrogen-bond donors (Lipinski definition) is 0. The van der Waals surface area contributed by atoms with Crippen molar-refractivity contribution in [1.82, 2.24) is 0 Å². The summed E-state index contributed by atoms with van der Waals surface area (Å²) in [6.07, 6.45) is 14.6. The van der Waals surface area contributed by atoms with Crippen molar-refractivity contribution in [3.8, 4) is 0 Å². The third-order valence-corrected chi connectivity index (χ3v) is 7.67. The lowest BCUT2D eigenvalue weighted by molar-refractivity contribution is -0.726. The molecule has 2 heterocycles. The van der Waals surface area contributed by atoms with E-state index in [4.69, 9.17) is 46.4 Å². The summed E-state index contributed by atoms with van der Waals surface area (Å²) >= 11 is 24.9. The first-order chi connectivity index (χ1) is 19.0. The Balaban J connectivity index is 0.00000294. The molecule has 0 aliphatic rings. The Labute approximate surface area is 283 Å². The van der Waals surface area contributed by atoms with E-state index in [1.165, 1.54) is 0 Å². The van der Waals surface area contributed by atoms with Gasteiger partial charge in [0.15, 0.2) is 37.9 Å². The Kier molecular flexibility index (Phi) is 16.1. The fourth-order valence-corrected chi connectivity index (χ4v) is 5.25. The van der Waals surface area contributed by atoms with Crippen molar-refractivity contribution in [2.45, 2.75) is 32.4 Å². The molecule has 0 aliphatic carbocycles. The Bertz CT molecular complexity index is 1280. The molecule has 4 rings (SSSR count). The summed E-state index contributed by atoms with van der Waals surface area (Å²) in [6, 6.07) is 19.4. The zero-order valence-corrected chi connectivity index (χ0v) is 28.4. The minimum Gasteiger partial charge on any atom is -1.00 e. The van der Waals surface area contributed by atoms with Crippen LogP contribution in [0, 0.1) is 0 Å². The molecule has 41 heavy (non-hydrogen) atoms. The number of benzene rings is 2. The average molecular weight is 760 g/mol. The Morgan fingerprint density at radius 2 is 0.878 bits per heavy atom. The normalized spacial score (nSPS) is 11.0. The molecule has 10 heteroatoms.